The second-order valence-corrected chi connectivity index (χ2v) is 8.43. The first-order chi connectivity index (χ1) is 15.9. The van der Waals surface area contributed by atoms with Crippen LogP contribution in [-0.2, 0) is 22.6 Å². The fourth-order valence-corrected chi connectivity index (χ4v) is 3.64. The van der Waals surface area contributed by atoms with E-state index in [4.69, 9.17) is 9.72 Å². The molecular weight excluding hydrogens is 416 g/mol. The molecule has 7 heteroatoms. The number of ether oxygens (including phenoxy) is 1. The Balaban J connectivity index is 1.60. The molecule has 1 heterocycles. The summed E-state index contributed by atoms with van der Waals surface area (Å²) in [5.41, 5.74) is 3.86. The lowest BCUT2D eigenvalue weighted by Gasteiger charge is -2.18. The summed E-state index contributed by atoms with van der Waals surface area (Å²) in [5.74, 6) is 1.37. The van der Waals surface area contributed by atoms with Crippen LogP contribution in [0.3, 0.4) is 0 Å². The molecule has 3 rings (SSSR count). The van der Waals surface area contributed by atoms with Crippen LogP contribution in [0.5, 0.6) is 5.75 Å². The topological polar surface area (TPSA) is 76.5 Å². The Morgan fingerprint density at radius 1 is 1.15 bits per heavy atom. The average Bonchev–Trinajstić information content (AvgIpc) is 3.15. The first-order valence-electron chi connectivity index (χ1n) is 11.5. The van der Waals surface area contributed by atoms with Crippen LogP contribution in [-0.4, -0.2) is 53.0 Å². The number of unbranched alkanes of at least 4 members (excludes halogenated alkanes) is 1. The van der Waals surface area contributed by atoms with Crippen molar-refractivity contribution in [2.24, 2.45) is 0 Å². The lowest BCUT2D eigenvalue weighted by atomic mass is 10.1. The molecule has 0 atom stereocenters. The zero-order valence-corrected chi connectivity index (χ0v) is 20.1. The van der Waals surface area contributed by atoms with Crippen molar-refractivity contribution in [1.82, 2.24) is 19.8 Å². The van der Waals surface area contributed by atoms with Crippen molar-refractivity contribution in [2.45, 2.75) is 46.6 Å². The van der Waals surface area contributed by atoms with Gasteiger partial charge in [-0.05, 0) is 49.6 Å². The molecule has 1 aromatic heterocycles. The number of benzene rings is 2. The smallest absolute Gasteiger partial charge is 0.257 e. The van der Waals surface area contributed by atoms with Gasteiger partial charge in [-0.3, -0.25) is 9.59 Å². The van der Waals surface area contributed by atoms with Gasteiger partial charge in [0.2, 0.25) is 5.91 Å². The monoisotopic (exact) mass is 450 g/mol. The van der Waals surface area contributed by atoms with Gasteiger partial charge >= 0.3 is 0 Å². The van der Waals surface area contributed by atoms with E-state index < -0.39 is 0 Å². The largest absolute Gasteiger partial charge is 0.483 e. The zero-order valence-electron chi connectivity index (χ0n) is 20.1. The number of hydrogen-bond acceptors (Lipinski definition) is 4. The van der Waals surface area contributed by atoms with Gasteiger partial charge < -0.3 is 19.5 Å². The number of amides is 2. The number of aromatic nitrogens is 2. The third kappa shape index (κ3) is 6.57. The number of hydrogen-bond donors (Lipinski definition) is 1. The van der Waals surface area contributed by atoms with E-state index in [0.29, 0.717) is 13.0 Å². The molecule has 7 nitrogen and oxygen atoms in total. The van der Waals surface area contributed by atoms with E-state index in [1.165, 1.54) is 0 Å². The molecule has 0 aliphatic carbocycles. The molecule has 0 bridgehead atoms. The number of nitrogens with zero attached hydrogens (tertiary/aromatic N) is 3. The lowest BCUT2D eigenvalue weighted by molar-refractivity contribution is -0.130. The molecule has 0 aliphatic rings. The Morgan fingerprint density at radius 2 is 1.94 bits per heavy atom. The molecule has 0 saturated carbocycles. The summed E-state index contributed by atoms with van der Waals surface area (Å²) >= 11 is 0. The quantitative estimate of drug-likeness (QED) is 0.484. The van der Waals surface area contributed by atoms with Gasteiger partial charge in [-0.1, -0.05) is 37.6 Å². The van der Waals surface area contributed by atoms with Crippen molar-refractivity contribution < 1.29 is 14.3 Å². The van der Waals surface area contributed by atoms with Gasteiger partial charge in [0.1, 0.15) is 18.1 Å². The molecule has 2 amide bonds. The summed E-state index contributed by atoms with van der Waals surface area (Å²) in [6.45, 7) is 7.41. The minimum atomic E-state index is -0.186. The van der Waals surface area contributed by atoms with Crippen molar-refractivity contribution in [3.8, 4) is 5.75 Å². The molecule has 0 saturated heterocycles. The van der Waals surface area contributed by atoms with Crippen LogP contribution in [0.1, 0.15) is 36.7 Å². The van der Waals surface area contributed by atoms with Crippen LogP contribution >= 0.6 is 0 Å². The Kier molecular flexibility index (Phi) is 8.46. The molecule has 33 heavy (non-hydrogen) atoms. The highest BCUT2D eigenvalue weighted by molar-refractivity contribution is 5.81. The standard InChI is InChI=1S/C26H34N4O3/c1-5-6-15-29(4)26(32)17-30-22-10-8-7-9-21(22)28-24(30)13-14-27-25(31)18-33-23-16-19(2)11-12-20(23)3/h7-12,16H,5-6,13-15,17-18H2,1-4H3,(H,27,31). The molecule has 176 valence electrons. The van der Waals surface area contributed by atoms with Crippen LogP contribution in [0, 0.1) is 13.8 Å². The highest BCUT2D eigenvalue weighted by Gasteiger charge is 2.16. The molecular formula is C26H34N4O3. The van der Waals surface area contributed by atoms with E-state index in [0.717, 1.165) is 53.1 Å². The minimum absolute atomic E-state index is 0.0403. The predicted octanol–water partition coefficient (Wildman–Crippen LogP) is 3.65. The van der Waals surface area contributed by atoms with Crippen molar-refractivity contribution in [3.63, 3.8) is 0 Å². The highest BCUT2D eigenvalue weighted by Crippen LogP contribution is 2.19. The summed E-state index contributed by atoms with van der Waals surface area (Å²) < 4.78 is 7.64. The number of aryl methyl sites for hydroxylation is 2. The molecule has 0 radical (unpaired) electrons. The summed E-state index contributed by atoms with van der Waals surface area (Å²) in [6, 6.07) is 13.7. The maximum atomic E-state index is 12.8. The van der Waals surface area contributed by atoms with E-state index in [2.05, 4.69) is 12.2 Å². The first-order valence-corrected chi connectivity index (χ1v) is 11.5. The normalized spacial score (nSPS) is 10.9. The lowest BCUT2D eigenvalue weighted by Crippen LogP contribution is -2.33. The van der Waals surface area contributed by atoms with E-state index >= 15 is 0 Å². The zero-order chi connectivity index (χ0) is 23.8. The van der Waals surface area contributed by atoms with Gasteiger partial charge in [-0.2, -0.15) is 0 Å². The molecule has 0 spiro atoms. The van der Waals surface area contributed by atoms with E-state index in [1.807, 2.05) is 67.9 Å². The van der Waals surface area contributed by atoms with Gasteiger partial charge in [0, 0.05) is 26.6 Å². The molecule has 0 fully saturated rings. The number of carbonyl (C=O) groups is 2. The van der Waals surface area contributed by atoms with Crippen LogP contribution < -0.4 is 10.1 Å². The number of nitrogens with one attached hydrogen (secondary N) is 1. The number of para-hydroxylation sites is 2. The number of likely N-dealkylation sites (N-methyl/N-ethyl adjacent to an activating group) is 1. The van der Waals surface area contributed by atoms with E-state index in [9.17, 15) is 9.59 Å². The first kappa shape index (κ1) is 24.3. The summed E-state index contributed by atoms with van der Waals surface area (Å²) in [6.07, 6.45) is 2.55. The van der Waals surface area contributed by atoms with E-state index in [-0.39, 0.29) is 25.0 Å². The third-order valence-corrected chi connectivity index (χ3v) is 5.67. The summed E-state index contributed by atoms with van der Waals surface area (Å²) in [7, 11) is 1.84. The molecule has 1 N–H and O–H groups in total. The molecule has 2 aromatic carbocycles. The fraction of sp³-hybridized carbons (Fsp3) is 0.423. The van der Waals surface area contributed by atoms with Crippen LogP contribution in [0.15, 0.2) is 42.5 Å². The van der Waals surface area contributed by atoms with Crippen LogP contribution in [0.25, 0.3) is 11.0 Å². The third-order valence-electron chi connectivity index (χ3n) is 5.67. The number of imidazole rings is 1. The van der Waals surface area contributed by atoms with Gasteiger partial charge in [0.25, 0.3) is 5.91 Å². The van der Waals surface area contributed by atoms with Crippen LogP contribution in [0.2, 0.25) is 0 Å². The molecule has 3 aromatic rings. The average molecular weight is 451 g/mol. The predicted molar refractivity (Wildman–Crippen MR) is 130 cm³/mol. The summed E-state index contributed by atoms with van der Waals surface area (Å²) in [5, 5.41) is 2.90. The van der Waals surface area contributed by atoms with Crippen molar-refractivity contribution in [1.29, 1.82) is 0 Å². The summed E-state index contributed by atoms with van der Waals surface area (Å²) in [4.78, 5) is 31.5. The Morgan fingerprint density at radius 3 is 2.73 bits per heavy atom. The number of carbonyl (C=O) groups excluding carboxylic acids is 2. The van der Waals surface area contributed by atoms with Gasteiger partial charge in [-0.25, -0.2) is 4.98 Å². The molecule has 0 aliphatic heterocycles. The van der Waals surface area contributed by atoms with Crippen molar-refractivity contribution in [3.05, 3.63) is 59.4 Å². The second kappa shape index (κ2) is 11.5. The van der Waals surface area contributed by atoms with Gasteiger partial charge in [0.05, 0.1) is 11.0 Å². The number of rotatable bonds is 11. The van der Waals surface area contributed by atoms with Gasteiger partial charge in [-0.15, -0.1) is 0 Å². The van der Waals surface area contributed by atoms with E-state index in [1.54, 1.807) is 4.90 Å². The van der Waals surface area contributed by atoms with Crippen molar-refractivity contribution >= 4 is 22.8 Å². The highest BCUT2D eigenvalue weighted by atomic mass is 16.5. The second-order valence-electron chi connectivity index (χ2n) is 8.43. The van der Waals surface area contributed by atoms with Gasteiger partial charge in [0.15, 0.2) is 6.61 Å². The minimum Gasteiger partial charge on any atom is -0.483 e. The van der Waals surface area contributed by atoms with Crippen molar-refractivity contribution in [2.75, 3.05) is 26.7 Å². The maximum Gasteiger partial charge on any atom is 0.257 e. The fourth-order valence-electron chi connectivity index (χ4n) is 3.64. The maximum absolute atomic E-state index is 12.8. The SMILES string of the molecule is CCCCN(C)C(=O)Cn1c(CCNC(=O)COc2cc(C)ccc2C)nc2ccccc21. The molecule has 0 unspecified atom stereocenters. The number of fused-ring (bicyclic) bond motifs is 1. The Bertz CT molecular complexity index is 1110. The van der Waals surface area contributed by atoms with Crippen LogP contribution in [0.4, 0.5) is 0 Å². The Labute approximate surface area is 195 Å². The Hall–Kier alpha value is -3.35.